The molecule has 0 radical (unpaired) electrons. The standard InChI is InChI=1S/C21H24ClFN4O3/c1-4-30-19-12-17(24)14(11-18(19)26-20(28)6-5-9-27(2)3)21(29)25-13-7-8-16(23)15(22)10-13/h5-8,10-12H,4,9,24H2,1-3H3,(H,25,29)(H,26,28)/b6-5+. The number of nitrogens with two attached hydrogens (primary N) is 1. The van der Waals surface area contributed by atoms with Gasteiger partial charge in [-0.25, -0.2) is 4.39 Å². The SMILES string of the molecule is CCOc1cc(N)c(C(=O)Nc2ccc(F)c(Cl)c2)cc1NC(=O)/C=C/CN(C)C. The van der Waals surface area contributed by atoms with E-state index in [1.54, 1.807) is 13.0 Å². The highest BCUT2D eigenvalue weighted by atomic mass is 35.5. The summed E-state index contributed by atoms with van der Waals surface area (Å²) in [6, 6.07) is 6.71. The van der Waals surface area contributed by atoms with Crippen LogP contribution < -0.4 is 21.1 Å². The van der Waals surface area contributed by atoms with E-state index in [4.69, 9.17) is 22.1 Å². The van der Waals surface area contributed by atoms with Gasteiger partial charge in [0.25, 0.3) is 5.91 Å². The number of halogens is 2. The van der Waals surface area contributed by atoms with Gasteiger partial charge in [0.2, 0.25) is 5.91 Å². The third-order valence-corrected chi connectivity index (χ3v) is 4.16. The summed E-state index contributed by atoms with van der Waals surface area (Å²) in [5.74, 6) is -1.18. The van der Waals surface area contributed by atoms with Crippen LogP contribution in [0, 0.1) is 5.82 Å². The van der Waals surface area contributed by atoms with E-state index >= 15 is 0 Å². The third kappa shape index (κ3) is 6.47. The Kier molecular flexibility index (Phi) is 8.20. The summed E-state index contributed by atoms with van der Waals surface area (Å²) in [6.07, 6.45) is 3.10. The van der Waals surface area contributed by atoms with Crippen LogP contribution in [0.2, 0.25) is 5.02 Å². The maximum atomic E-state index is 13.3. The average molecular weight is 435 g/mol. The van der Waals surface area contributed by atoms with Crippen molar-refractivity contribution < 1.29 is 18.7 Å². The summed E-state index contributed by atoms with van der Waals surface area (Å²) in [4.78, 5) is 26.8. The highest BCUT2D eigenvalue weighted by Crippen LogP contribution is 2.31. The van der Waals surface area contributed by atoms with Crippen molar-refractivity contribution in [3.05, 3.63) is 58.9 Å². The van der Waals surface area contributed by atoms with E-state index in [-0.39, 0.29) is 22.2 Å². The molecule has 4 N–H and O–H groups in total. The fourth-order valence-electron chi connectivity index (χ4n) is 2.48. The van der Waals surface area contributed by atoms with Crippen LogP contribution in [0.25, 0.3) is 0 Å². The normalized spacial score (nSPS) is 11.0. The molecule has 9 heteroatoms. The zero-order valence-electron chi connectivity index (χ0n) is 17.0. The Bertz CT molecular complexity index is 964. The lowest BCUT2D eigenvalue weighted by molar-refractivity contribution is -0.111. The highest BCUT2D eigenvalue weighted by molar-refractivity contribution is 6.31. The molecule has 160 valence electrons. The first-order chi connectivity index (χ1) is 14.2. The molecule has 0 heterocycles. The molecular formula is C21H24ClFN4O3. The fraction of sp³-hybridized carbons (Fsp3) is 0.238. The number of hydrogen-bond donors (Lipinski definition) is 3. The molecule has 30 heavy (non-hydrogen) atoms. The van der Waals surface area contributed by atoms with Crippen LogP contribution >= 0.6 is 11.6 Å². The Hall–Kier alpha value is -3.10. The zero-order valence-corrected chi connectivity index (χ0v) is 17.7. The van der Waals surface area contributed by atoms with E-state index in [0.717, 1.165) is 6.07 Å². The summed E-state index contributed by atoms with van der Waals surface area (Å²) < 4.78 is 18.8. The van der Waals surface area contributed by atoms with Crippen molar-refractivity contribution in [1.82, 2.24) is 4.90 Å². The summed E-state index contributed by atoms with van der Waals surface area (Å²) in [5, 5.41) is 5.18. The number of nitrogens with one attached hydrogen (secondary N) is 2. The zero-order chi connectivity index (χ0) is 22.3. The lowest BCUT2D eigenvalue weighted by Gasteiger charge is -2.15. The van der Waals surface area contributed by atoms with Crippen molar-refractivity contribution in [2.24, 2.45) is 0 Å². The van der Waals surface area contributed by atoms with Crippen LogP contribution in [0.1, 0.15) is 17.3 Å². The number of likely N-dealkylation sites (N-methyl/N-ethyl adjacent to an activating group) is 1. The molecule has 0 bridgehead atoms. The number of carbonyl (C=O) groups is 2. The molecular weight excluding hydrogens is 411 g/mol. The number of nitrogen functional groups attached to an aromatic ring is 1. The second-order valence-corrected chi connectivity index (χ2v) is 7.01. The number of rotatable bonds is 8. The number of benzene rings is 2. The van der Waals surface area contributed by atoms with Crippen LogP contribution in [0.5, 0.6) is 5.75 Å². The average Bonchev–Trinajstić information content (AvgIpc) is 2.66. The number of amides is 2. The van der Waals surface area contributed by atoms with Gasteiger partial charge in [0.05, 0.1) is 22.9 Å². The highest BCUT2D eigenvalue weighted by Gasteiger charge is 2.17. The van der Waals surface area contributed by atoms with Crippen molar-refractivity contribution >= 4 is 40.5 Å². The molecule has 0 unspecified atom stereocenters. The predicted molar refractivity (Wildman–Crippen MR) is 118 cm³/mol. The van der Waals surface area contributed by atoms with Gasteiger partial charge < -0.3 is 26.0 Å². The molecule has 2 aromatic carbocycles. The predicted octanol–water partition coefficient (Wildman–Crippen LogP) is 3.77. The summed E-state index contributed by atoms with van der Waals surface area (Å²) in [6.45, 7) is 2.73. The molecule has 0 aromatic heterocycles. The molecule has 0 fully saturated rings. The minimum Gasteiger partial charge on any atom is -0.492 e. The minimum atomic E-state index is -0.595. The van der Waals surface area contributed by atoms with Gasteiger partial charge in [-0.1, -0.05) is 17.7 Å². The van der Waals surface area contributed by atoms with Gasteiger partial charge in [0, 0.05) is 30.1 Å². The molecule has 0 aliphatic carbocycles. The van der Waals surface area contributed by atoms with E-state index in [9.17, 15) is 14.0 Å². The van der Waals surface area contributed by atoms with E-state index < -0.39 is 11.7 Å². The topological polar surface area (TPSA) is 96.7 Å². The first-order valence-electron chi connectivity index (χ1n) is 9.16. The molecule has 7 nitrogen and oxygen atoms in total. The Labute approximate surface area is 179 Å². The summed E-state index contributed by atoms with van der Waals surface area (Å²) >= 11 is 5.75. The van der Waals surface area contributed by atoms with E-state index in [0.29, 0.717) is 30.3 Å². The third-order valence-electron chi connectivity index (χ3n) is 3.87. The Morgan fingerprint density at radius 2 is 1.97 bits per heavy atom. The van der Waals surface area contributed by atoms with Gasteiger partial charge in [0.15, 0.2) is 0 Å². The largest absolute Gasteiger partial charge is 0.492 e. The Morgan fingerprint density at radius 3 is 2.60 bits per heavy atom. The van der Waals surface area contributed by atoms with E-state index in [1.165, 1.54) is 30.3 Å². The van der Waals surface area contributed by atoms with Crippen molar-refractivity contribution in [3.63, 3.8) is 0 Å². The van der Waals surface area contributed by atoms with Gasteiger partial charge in [0.1, 0.15) is 11.6 Å². The van der Waals surface area contributed by atoms with Crippen LogP contribution in [0.15, 0.2) is 42.5 Å². The summed E-state index contributed by atoms with van der Waals surface area (Å²) in [7, 11) is 3.77. The Morgan fingerprint density at radius 1 is 1.23 bits per heavy atom. The van der Waals surface area contributed by atoms with Gasteiger partial charge in [-0.15, -0.1) is 0 Å². The maximum absolute atomic E-state index is 13.3. The second-order valence-electron chi connectivity index (χ2n) is 6.61. The van der Waals surface area contributed by atoms with Gasteiger partial charge in [-0.2, -0.15) is 0 Å². The first-order valence-corrected chi connectivity index (χ1v) is 9.54. The van der Waals surface area contributed by atoms with Crippen LogP contribution in [-0.4, -0.2) is 44.0 Å². The molecule has 0 aliphatic rings. The first kappa shape index (κ1) is 23.2. The molecule has 2 aromatic rings. The smallest absolute Gasteiger partial charge is 0.257 e. The van der Waals surface area contributed by atoms with Gasteiger partial charge >= 0.3 is 0 Å². The number of anilines is 3. The van der Waals surface area contributed by atoms with Crippen molar-refractivity contribution in [2.75, 3.05) is 43.6 Å². The van der Waals surface area contributed by atoms with Crippen molar-refractivity contribution in [2.45, 2.75) is 6.92 Å². The lowest BCUT2D eigenvalue weighted by Crippen LogP contribution is -2.17. The van der Waals surface area contributed by atoms with Crippen LogP contribution in [0.4, 0.5) is 21.5 Å². The number of carbonyl (C=O) groups excluding carboxylic acids is 2. The molecule has 0 saturated carbocycles. The molecule has 0 atom stereocenters. The van der Waals surface area contributed by atoms with Gasteiger partial charge in [-0.05, 0) is 45.3 Å². The van der Waals surface area contributed by atoms with E-state index in [2.05, 4.69) is 10.6 Å². The lowest BCUT2D eigenvalue weighted by atomic mass is 10.1. The quantitative estimate of drug-likeness (QED) is 0.434. The van der Waals surface area contributed by atoms with E-state index in [1.807, 2.05) is 19.0 Å². The monoisotopic (exact) mass is 434 g/mol. The molecule has 0 aliphatic heterocycles. The fourth-order valence-corrected chi connectivity index (χ4v) is 2.66. The Balaban J connectivity index is 2.27. The summed E-state index contributed by atoms with van der Waals surface area (Å²) in [5.41, 5.74) is 6.89. The minimum absolute atomic E-state index is 0.117. The molecule has 0 saturated heterocycles. The second kappa shape index (κ2) is 10.6. The molecule has 2 rings (SSSR count). The molecule has 2 amide bonds. The van der Waals surface area contributed by atoms with Crippen LogP contribution in [0.3, 0.4) is 0 Å². The van der Waals surface area contributed by atoms with Crippen LogP contribution in [-0.2, 0) is 4.79 Å². The van der Waals surface area contributed by atoms with Gasteiger partial charge in [-0.3, -0.25) is 9.59 Å². The van der Waals surface area contributed by atoms with Crippen molar-refractivity contribution in [3.8, 4) is 5.75 Å². The number of ether oxygens (including phenoxy) is 1. The number of nitrogens with zero attached hydrogens (tertiary/aromatic N) is 1. The maximum Gasteiger partial charge on any atom is 0.257 e. The molecule has 0 spiro atoms. The number of hydrogen-bond acceptors (Lipinski definition) is 5. The van der Waals surface area contributed by atoms with Crippen molar-refractivity contribution in [1.29, 1.82) is 0 Å².